The van der Waals surface area contributed by atoms with E-state index in [2.05, 4.69) is 0 Å². The van der Waals surface area contributed by atoms with E-state index in [0.29, 0.717) is 10.5 Å². The summed E-state index contributed by atoms with van der Waals surface area (Å²) in [6.45, 7) is -1.42. The second kappa shape index (κ2) is 6.48. The van der Waals surface area contributed by atoms with Gasteiger partial charge in [0.15, 0.2) is 0 Å². The molecule has 1 aromatic rings. The van der Waals surface area contributed by atoms with Crippen LogP contribution in [-0.4, -0.2) is 46.0 Å². The fourth-order valence-corrected chi connectivity index (χ4v) is 1.49. The van der Waals surface area contributed by atoms with Crippen molar-refractivity contribution in [3.05, 3.63) is 35.6 Å². The Hall–Kier alpha value is -2.44. The summed E-state index contributed by atoms with van der Waals surface area (Å²) in [6, 6.07) is 5.26. The van der Waals surface area contributed by atoms with E-state index in [0.717, 1.165) is 6.07 Å². The SMILES string of the molecule is O=C(O)CN(CC(=O)O)C(=O)Cc1cccc(F)c1. The first-order chi connectivity index (χ1) is 8.88. The van der Waals surface area contributed by atoms with E-state index in [9.17, 15) is 18.8 Å². The van der Waals surface area contributed by atoms with Crippen LogP contribution in [0, 0.1) is 5.82 Å². The molecule has 0 spiro atoms. The largest absolute Gasteiger partial charge is 0.480 e. The maximum atomic E-state index is 12.9. The van der Waals surface area contributed by atoms with Gasteiger partial charge in [0, 0.05) is 0 Å². The van der Waals surface area contributed by atoms with Crippen LogP contribution in [0.15, 0.2) is 24.3 Å². The fraction of sp³-hybridized carbons (Fsp3) is 0.250. The van der Waals surface area contributed by atoms with Gasteiger partial charge >= 0.3 is 11.9 Å². The van der Waals surface area contributed by atoms with Crippen LogP contribution >= 0.6 is 0 Å². The lowest BCUT2D eigenvalue weighted by molar-refractivity contribution is -0.149. The van der Waals surface area contributed by atoms with Crippen LogP contribution in [0.4, 0.5) is 4.39 Å². The minimum atomic E-state index is -1.31. The van der Waals surface area contributed by atoms with Crippen molar-refractivity contribution >= 4 is 17.8 Å². The van der Waals surface area contributed by atoms with Crippen molar-refractivity contribution < 1.29 is 29.0 Å². The minimum Gasteiger partial charge on any atom is -0.480 e. The zero-order chi connectivity index (χ0) is 14.4. The van der Waals surface area contributed by atoms with Crippen molar-refractivity contribution in [2.24, 2.45) is 0 Å². The molecule has 0 fully saturated rings. The maximum absolute atomic E-state index is 12.9. The fourth-order valence-electron chi connectivity index (χ4n) is 1.49. The molecule has 0 aliphatic carbocycles. The first-order valence-electron chi connectivity index (χ1n) is 5.34. The average Bonchev–Trinajstić information content (AvgIpc) is 2.26. The third-order valence-electron chi connectivity index (χ3n) is 2.25. The molecule has 0 unspecified atom stereocenters. The average molecular weight is 269 g/mol. The summed E-state index contributed by atoms with van der Waals surface area (Å²) in [4.78, 5) is 33.6. The number of aliphatic carboxylic acids is 2. The number of carbonyl (C=O) groups excluding carboxylic acids is 1. The van der Waals surface area contributed by atoms with Crippen LogP contribution in [0.3, 0.4) is 0 Å². The molecule has 102 valence electrons. The highest BCUT2D eigenvalue weighted by molar-refractivity contribution is 5.86. The molecule has 0 heterocycles. The quantitative estimate of drug-likeness (QED) is 0.777. The van der Waals surface area contributed by atoms with Crippen LogP contribution in [-0.2, 0) is 20.8 Å². The second-order valence-corrected chi connectivity index (χ2v) is 3.84. The third-order valence-corrected chi connectivity index (χ3v) is 2.25. The number of hydrogen-bond donors (Lipinski definition) is 2. The standard InChI is InChI=1S/C12H12FNO5/c13-9-3-1-2-8(4-9)5-10(15)14(6-11(16)17)7-12(18)19/h1-4H,5-7H2,(H,16,17)(H,18,19). The van der Waals surface area contributed by atoms with Gasteiger partial charge in [-0.3, -0.25) is 14.4 Å². The molecule has 0 radical (unpaired) electrons. The molecule has 1 amide bonds. The number of halogens is 1. The highest BCUT2D eigenvalue weighted by Crippen LogP contribution is 2.06. The van der Waals surface area contributed by atoms with Gasteiger partial charge in [-0.1, -0.05) is 12.1 Å². The van der Waals surface area contributed by atoms with Crippen LogP contribution in [0.2, 0.25) is 0 Å². The van der Waals surface area contributed by atoms with Gasteiger partial charge in [0.1, 0.15) is 18.9 Å². The van der Waals surface area contributed by atoms with Crippen molar-refractivity contribution in [3.63, 3.8) is 0 Å². The smallest absolute Gasteiger partial charge is 0.323 e. The molecule has 0 saturated carbocycles. The molecule has 0 aliphatic heterocycles. The van der Waals surface area contributed by atoms with E-state index in [1.807, 2.05) is 0 Å². The van der Waals surface area contributed by atoms with Gasteiger partial charge in [0.2, 0.25) is 5.91 Å². The van der Waals surface area contributed by atoms with Gasteiger partial charge in [0.05, 0.1) is 6.42 Å². The predicted molar refractivity (Wildman–Crippen MR) is 62.0 cm³/mol. The summed E-state index contributed by atoms with van der Waals surface area (Å²) >= 11 is 0. The monoisotopic (exact) mass is 269 g/mol. The molecule has 6 nitrogen and oxygen atoms in total. The molecule has 0 bridgehead atoms. The van der Waals surface area contributed by atoms with Crippen molar-refractivity contribution in [2.75, 3.05) is 13.1 Å². The summed E-state index contributed by atoms with van der Waals surface area (Å²) in [5.74, 6) is -3.83. The van der Waals surface area contributed by atoms with Crippen LogP contribution < -0.4 is 0 Å². The summed E-state index contributed by atoms with van der Waals surface area (Å²) in [6.07, 6.45) is -0.252. The van der Waals surface area contributed by atoms with E-state index in [1.165, 1.54) is 18.2 Å². The van der Waals surface area contributed by atoms with Crippen LogP contribution in [0.5, 0.6) is 0 Å². The number of carboxylic acid groups (broad SMARTS) is 2. The molecule has 0 aliphatic rings. The number of rotatable bonds is 6. The number of benzene rings is 1. The number of carbonyl (C=O) groups is 3. The molecular weight excluding hydrogens is 257 g/mol. The highest BCUT2D eigenvalue weighted by Gasteiger charge is 2.19. The Labute approximate surface area is 108 Å². The Morgan fingerprint density at radius 2 is 1.68 bits per heavy atom. The molecule has 0 saturated heterocycles. The van der Waals surface area contributed by atoms with Gasteiger partial charge in [0.25, 0.3) is 0 Å². The lowest BCUT2D eigenvalue weighted by Crippen LogP contribution is -2.40. The highest BCUT2D eigenvalue weighted by atomic mass is 19.1. The number of nitrogens with zero attached hydrogens (tertiary/aromatic N) is 1. The van der Waals surface area contributed by atoms with Gasteiger partial charge < -0.3 is 15.1 Å². The molecule has 7 heteroatoms. The molecule has 1 aromatic carbocycles. The third kappa shape index (κ3) is 5.15. The van der Waals surface area contributed by atoms with Crippen LogP contribution in [0.25, 0.3) is 0 Å². The molecule has 2 N–H and O–H groups in total. The molecular formula is C12H12FNO5. The van der Waals surface area contributed by atoms with Crippen molar-refractivity contribution in [2.45, 2.75) is 6.42 Å². The van der Waals surface area contributed by atoms with Crippen LogP contribution in [0.1, 0.15) is 5.56 Å². The van der Waals surface area contributed by atoms with Gasteiger partial charge in [-0.25, -0.2) is 4.39 Å². The van der Waals surface area contributed by atoms with Gasteiger partial charge in [-0.15, -0.1) is 0 Å². The summed E-state index contributed by atoms with van der Waals surface area (Å²) in [5, 5.41) is 17.2. The Bertz CT molecular complexity index is 487. The van der Waals surface area contributed by atoms with E-state index in [4.69, 9.17) is 10.2 Å². The van der Waals surface area contributed by atoms with E-state index in [1.54, 1.807) is 0 Å². The van der Waals surface area contributed by atoms with E-state index in [-0.39, 0.29) is 6.42 Å². The summed E-state index contributed by atoms with van der Waals surface area (Å²) in [5.41, 5.74) is 0.353. The lowest BCUT2D eigenvalue weighted by Gasteiger charge is -2.18. The normalized spacial score (nSPS) is 9.95. The lowest BCUT2D eigenvalue weighted by atomic mass is 10.1. The number of hydrogen-bond acceptors (Lipinski definition) is 3. The summed E-state index contributed by atoms with van der Waals surface area (Å²) < 4.78 is 12.9. The first-order valence-corrected chi connectivity index (χ1v) is 5.34. The van der Waals surface area contributed by atoms with Crippen molar-refractivity contribution in [1.82, 2.24) is 4.90 Å². The molecule has 19 heavy (non-hydrogen) atoms. The molecule has 0 aromatic heterocycles. The Balaban J connectivity index is 2.76. The first kappa shape index (κ1) is 14.6. The maximum Gasteiger partial charge on any atom is 0.323 e. The second-order valence-electron chi connectivity index (χ2n) is 3.84. The molecule has 0 atom stereocenters. The Morgan fingerprint density at radius 3 is 2.16 bits per heavy atom. The Kier molecular flexibility index (Phi) is 4.99. The minimum absolute atomic E-state index is 0.252. The number of carboxylic acids is 2. The van der Waals surface area contributed by atoms with Gasteiger partial charge in [-0.05, 0) is 17.7 Å². The summed E-state index contributed by atoms with van der Waals surface area (Å²) in [7, 11) is 0. The number of amides is 1. The topological polar surface area (TPSA) is 94.9 Å². The predicted octanol–water partition coefficient (Wildman–Crippen LogP) is 0.366. The van der Waals surface area contributed by atoms with E-state index >= 15 is 0 Å². The Morgan fingerprint density at radius 1 is 1.11 bits per heavy atom. The van der Waals surface area contributed by atoms with E-state index < -0.39 is 36.8 Å². The van der Waals surface area contributed by atoms with Crippen molar-refractivity contribution in [3.8, 4) is 0 Å². The van der Waals surface area contributed by atoms with Gasteiger partial charge in [-0.2, -0.15) is 0 Å². The zero-order valence-electron chi connectivity index (χ0n) is 9.88. The molecule has 1 rings (SSSR count). The van der Waals surface area contributed by atoms with Crippen molar-refractivity contribution in [1.29, 1.82) is 0 Å². The zero-order valence-corrected chi connectivity index (χ0v) is 9.88.